The Balaban J connectivity index is 1.71. The molecular weight excluding hydrogens is 515 g/mol. The van der Waals surface area contributed by atoms with Gasteiger partial charge in [-0.05, 0) is 49.2 Å². The van der Waals surface area contributed by atoms with Gasteiger partial charge in [0.2, 0.25) is 5.91 Å². The number of hydrogen-bond acceptors (Lipinski definition) is 5. The van der Waals surface area contributed by atoms with Crippen LogP contribution in [0.25, 0.3) is 10.9 Å². The van der Waals surface area contributed by atoms with Crippen molar-refractivity contribution in [2.75, 3.05) is 18.5 Å². The van der Waals surface area contributed by atoms with Crippen molar-refractivity contribution in [2.24, 2.45) is 0 Å². The van der Waals surface area contributed by atoms with Gasteiger partial charge in [0.05, 0.1) is 16.5 Å². The van der Waals surface area contributed by atoms with Gasteiger partial charge in [-0.2, -0.15) is 13.2 Å². The topological polar surface area (TPSA) is 73.2 Å². The molecule has 1 amide bonds. The molecule has 1 atom stereocenters. The highest BCUT2D eigenvalue weighted by Gasteiger charge is 2.31. The number of fused-ring (bicyclic) bond motifs is 1. The summed E-state index contributed by atoms with van der Waals surface area (Å²) in [6.07, 6.45) is -3.98. The Morgan fingerprint density at radius 1 is 1.05 bits per heavy atom. The number of thioether (sulfide) groups is 1. The second-order valence-electron chi connectivity index (χ2n) is 8.40. The van der Waals surface area contributed by atoms with E-state index in [9.17, 15) is 22.8 Å². The maximum Gasteiger partial charge on any atom is 0.416 e. The Bertz CT molecular complexity index is 1460. The van der Waals surface area contributed by atoms with Crippen LogP contribution in [0.5, 0.6) is 0 Å². The van der Waals surface area contributed by atoms with Crippen LogP contribution in [0.15, 0.2) is 88.8 Å². The number of carbonyl (C=O) groups is 1. The first-order valence-corrected chi connectivity index (χ1v) is 12.9. The van der Waals surface area contributed by atoms with Gasteiger partial charge in [0.1, 0.15) is 5.25 Å². The lowest BCUT2D eigenvalue weighted by Crippen LogP contribution is -2.26. The predicted molar refractivity (Wildman–Crippen MR) is 142 cm³/mol. The number of carbonyl (C=O) groups excluding carboxylic acids is 1. The zero-order valence-corrected chi connectivity index (χ0v) is 21.4. The molecule has 1 aromatic heterocycles. The molecule has 1 heterocycles. The van der Waals surface area contributed by atoms with Crippen LogP contribution in [-0.2, 0) is 22.3 Å². The first kappa shape index (κ1) is 27.4. The normalized spacial score (nSPS) is 12.4. The first-order valence-electron chi connectivity index (χ1n) is 12.0. The highest BCUT2D eigenvalue weighted by molar-refractivity contribution is 8.00. The lowest BCUT2D eigenvalue weighted by molar-refractivity contribution is -0.137. The van der Waals surface area contributed by atoms with Crippen LogP contribution in [0.2, 0.25) is 0 Å². The average Bonchev–Trinajstić information content (AvgIpc) is 2.91. The molecule has 0 bridgehead atoms. The number of amides is 1. The van der Waals surface area contributed by atoms with Gasteiger partial charge in [-0.3, -0.25) is 14.2 Å². The summed E-state index contributed by atoms with van der Waals surface area (Å²) in [5, 5.41) is 2.51. The lowest BCUT2D eigenvalue weighted by atomic mass is 10.1. The summed E-state index contributed by atoms with van der Waals surface area (Å²) < 4.78 is 46.6. The minimum Gasteiger partial charge on any atom is -0.382 e. The molecule has 3 aromatic carbocycles. The number of nitrogens with zero attached hydrogens (tertiary/aromatic N) is 2. The molecule has 0 fully saturated rings. The van der Waals surface area contributed by atoms with E-state index in [-0.39, 0.29) is 11.2 Å². The van der Waals surface area contributed by atoms with E-state index < -0.39 is 22.9 Å². The number of ether oxygens (including phenoxy) is 1. The monoisotopic (exact) mass is 541 g/mol. The zero-order chi connectivity index (χ0) is 27.1. The standard InChI is InChI=1S/C28H26F3N3O3S/c1-2-37-17-9-16-34-26(36)22-14-6-7-15-23(22)33-27(34)38-24(19-10-4-3-5-11-19)25(35)32-21-13-8-12-20(18-21)28(29,30)31/h3-8,10-15,18,24H,2,9,16-17H2,1H3,(H,32,35)/t24-/m0/s1. The molecule has 4 rings (SSSR count). The number of aromatic nitrogens is 2. The fourth-order valence-corrected chi connectivity index (χ4v) is 5.01. The summed E-state index contributed by atoms with van der Waals surface area (Å²) in [6, 6.07) is 20.3. The molecule has 0 spiro atoms. The van der Waals surface area contributed by atoms with E-state index in [1.807, 2.05) is 6.92 Å². The third-order valence-electron chi connectivity index (χ3n) is 5.72. The number of halogens is 3. The van der Waals surface area contributed by atoms with Gasteiger partial charge in [-0.15, -0.1) is 0 Å². The maximum atomic E-state index is 13.5. The van der Waals surface area contributed by atoms with Crippen LogP contribution in [0.4, 0.5) is 18.9 Å². The van der Waals surface area contributed by atoms with Crippen molar-refractivity contribution in [3.63, 3.8) is 0 Å². The van der Waals surface area contributed by atoms with Crippen molar-refractivity contribution in [3.05, 3.63) is 100 Å². The number of nitrogens with one attached hydrogen (secondary N) is 1. The van der Waals surface area contributed by atoms with E-state index in [4.69, 9.17) is 9.72 Å². The van der Waals surface area contributed by atoms with E-state index >= 15 is 0 Å². The molecule has 0 unspecified atom stereocenters. The minimum atomic E-state index is -4.54. The molecule has 0 radical (unpaired) electrons. The van der Waals surface area contributed by atoms with Crippen LogP contribution in [0.1, 0.15) is 29.7 Å². The highest BCUT2D eigenvalue weighted by Crippen LogP contribution is 2.36. The van der Waals surface area contributed by atoms with Gasteiger partial charge < -0.3 is 10.1 Å². The molecule has 1 N–H and O–H groups in total. The molecule has 10 heteroatoms. The molecule has 198 valence electrons. The fraction of sp³-hybridized carbons (Fsp3) is 0.250. The van der Waals surface area contributed by atoms with Crippen molar-refractivity contribution >= 4 is 34.3 Å². The number of alkyl halides is 3. The molecule has 0 aliphatic heterocycles. The Morgan fingerprint density at radius 3 is 2.53 bits per heavy atom. The van der Waals surface area contributed by atoms with Gasteiger partial charge >= 0.3 is 6.18 Å². The number of rotatable bonds is 10. The van der Waals surface area contributed by atoms with E-state index in [2.05, 4.69) is 5.32 Å². The van der Waals surface area contributed by atoms with E-state index in [1.165, 1.54) is 16.7 Å². The Labute approximate surface area is 221 Å². The van der Waals surface area contributed by atoms with Crippen molar-refractivity contribution in [1.82, 2.24) is 9.55 Å². The van der Waals surface area contributed by atoms with Crippen LogP contribution >= 0.6 is 11.8 Å². The van der Waals surface area contributed by atoms with Gasteiger partial charge in [0.25, 0.3) is 5.56 Å². The molecule has 6 nitrogen and oxygen atoms in total. The van der Waals surface area contributed by atoms with Gasteiger partial charge in [0, 0.05) is 25.4 Å². The van der Waals surface area contributed by atoms with Crippen molar-refractivity contribution in [1.29, 1.82) is 0 Å². The third kappa shape index (κ3) is 6.62. The van der Waals surface area contributed by atoms with Gasteiger partial charge in [0.15, 0.2) is 5.16 Å². The molecule has 38 heavy (non-hydrogen) atoms. The van der Waals surface area contributed by atoms with Crippen molar-refractivity contribution in [2.45, 2.75) is 36.5 Å². The number of benzene rings is 3. The molecule has 0 saturated carbocycles. The predicted octanol–water partition coefficient (Wildman–Crippen LogP) is 6.31. The zero-order valence-electron chi connectivity index (χ0n) is 20.6. The van der Waals surface area contributed by atoms with Crippen LogP contribution in [0, 0.1) is 0 Å². The molecule has 0 aliphatic carbocycles. The van der Waals surface area contributed by atoms with Crippen LogP contribution in [0.3, 0.4) is 0 Å². The van der Waals surface area contributed by atoms with Gasteiger partial charge in [-0.1, -0.05) is 60.3 Å². The average molecular weight is 542 g/mol. The summed E-state index contributed by atoms with van der Waals surface area (Å²) in [6.45, 7) is 3.23. The quantitative estimate of drug-likeness (QED) is 0.145. The highest BCUT2D eigenvalue weighted by atomic mass is 32.2. The van der Waals surface area contributed by atoms with E-state index in [0.717, 1.165) is 23.9 Å². The second kappa shape index (κ2) is 12.3. The smallest absolute Gasteiger partial charge is 0.382 e. The summed E-state index contributed by atoms with van der Waals surface area (Å²) in [5.74, 6) is -0.538. The van der Waals surface area contributed by atoms with Crippen LogP contribution in [-0.4, -0.2) is 28.7 Å². The fourth-order valence-electron chi connectivity index (χ4n) is 3.89. The second-order valence-corrected chi connectivity index (χ2v) is 9.47. The summed E-state index contributed by atoms with van der Waals surface area (Å²) in [4.78, 5) is 31.6. The Hall–Kier alpha value is -3.63. The summed E-state index contributed by atoms with van der Waals surface area (Å²) in [7, 11) is 0. The number of hydrogen-bond donors (Lipinski definition) is 1. The summed E-state index contributed by atoms with van der Waals surface area (Å²) >= 11 is 1.08. The van der Waals surface area contributed by atoms with E-state index in [1.54, 1.807) is 54.6 Å². The Kier molecular flexibility index (Phi) is 8.85. The largest absolute Gasteiger partial charge is 0.416 e. The van der Waals surface area contributed by atoms with E-state index in [0.29, 0.717) is 47.8 Å². The molecule has 4 aromatic rings. The summed E-state index contributed by atoms with van der Waals surface area (Å²) in [5.41, 5.74) is 0.0292. The molecular formula is C28H26F3N3O3S. The lowest BCUT2D eigenvalue weighted by Gasteiger charge is -2.20. The third-order valence-corrected chi connectivity index (χ3v) is 6.97. The van der Waals surface area contributed by atoms with Crippen molar-refractivity contribution in [3.8, 4) is 0 Å². The van der Waals surface area contributed by atoms with Gasteiger partial charge in [-0.25, -0.2) is 4.98 Å². The minimum absolute atomic E-state index is 0.0203. The SMILES string of the molecule is CCOCCCn1c(S[C@H](C(=O)Nc2cccc(C(F)(F)F)c2)c2ccccc2)nc2ccccc2c1=O. The molecule has 0 saturated heterocycles. The van der Waals surface area contributed by atoms with Crippen molar-refractivity contribution < 1.29 is 22.7 Å². The number of anilines is 1. The maximum absolute atomic E-state index is 13.5. The van der Waals surface area contributed by atoms with Crippen LogP contribution < -0.4 is 10.9 Å². The number of para-hydroxylation sites is 1. The first-order chi connectivity index (χ1) is 18.3. The molecule has 0 aliphatic rings. The Morgan fingerprint density at radius 2 is 1.79 bits per heavy atom.